The number of hydrogen-bond acceptors (Lipinski definition) is 4. The number of rotatable bonds is 3. The molecule has 0 atom stereocenters. The van der Waals surface area contributed by atoms with Gasteiger partial charge >= 0.3 is 0 Å². The van der Waals surface area contributed by atoms with Gasteiger partial charge in [-0.15, -0.1) is 6.58 Å². The van der Waals surface area contributed by atoms with Crippen LogP contribution in [0.5, 0.6) is 0 Å². The summed E-state index contributed by atoms with van der Waals surface area (Å²) in [7, 11) is 1.79. The van der Waals surface area contributed by atoms with Crippen LogP contribution in [0.4, 0.5) is 11.5 Å². The fraction of sp³-hybridized carbons (Fsp3) is 0.562. The van der Waals surface area contributed by atoms with E-state index in [1.54, 1.807) is 18.0 Å². The van der Waals surface area contributed by atoms with Gasteiger partial charge in [-0.25, -0.2) is 4.98 Å². The first-order chi connectivity index (χ1) is 10.6. The minimum atomic E-state index is 0.0954. The van der Waals surface area contributed by atoms with Gasteiger partial charge in [0.1, 0.15) is 5.69 Å². The molecule has 22 heavy (non-hydrogen) atoms. The predicted molar refractivity (Wildman–Crippen MR) is 88.6 cm³/mol. The van der Waals surface area contributed by atoms with Crippen LogP contribution in [0.3, 0.4) is 0 Å². The second kappa shape index (κ2) is 6.24. The van der Waals surface area contributed by atoms with Crippen molar-refractivity contribution in [3.8, 4) is 0 Å². The van der Waals surface area contributed by atoms with Gasteiger partial charge in [-0.1, -0.05) is 18.9 Å². The number of anilines is 2. The molecule has 1 aliphatic carbocycles. The molecular formula is C16H21ClN4O. The SMILES string of the molecule is C=CCc1nc(Cl)nc2c1N(C)C(=O)CCN2C1CCCC1. The highest BCUT2D eigenvalue weighted by molar-refractivity contribution is 6.28. The molecule has 1 amide bonds. The minimum absolute atomic E-state index is 0.0954. The summed E-state index contributed by atoms with van der Waals surface area (Å²) >= 11 is 6.14. The highest BCUT2D eigenvalue weighted by Gasteiger charge is 2.33. The van der Waals surface area contributed by atoms with Crippen molar-refractivity contribution in [3.05, 3.63) is 23.6 Å². The normalized spacial score (nSPS) is 19.3. The molecule has 1 saturated carbocycles. The largest absolute Gasteiger partial charge is 0.351 e. The molecule has 1 aromatic rings. The lowest BCUT2D eigenvalue weighted by Crippen LogP contribution is -2.34. The molecule has 2 aliphatic rings. The summed E-state index contributed by atoms with van der Waals surface area (Å²) in [5, 5.41) is 0.237. The Morgan fingerprint density at radius 1 is 1.36 bits per heavy atom. The summed E-state index contributed by atoms with van der Waals surface area (Å²) in [5.74, 6) is 0.898. The second-order valence-corrected chi connectivity index (χ2v) is 6.28. The smallest absolute Gasteiger partial charge is 0.228 e. The standard InChI is InChI=1S/C16H21ClN4O/c1-3-6-12-14-15(19-16(17)18-12)21(11-7-4-5-8-11)10-9-13(22)20(14)2/h3,11H,1,4-10H2,2H3. The van der Waals surface area contributed by atoms with E-state index in [1.165, 1.54) is 12.8 Å². The number of hydrogen-bond donors (Lipinski definition) is 0. The summed E-state index contributed by atoms with van der Waals surface area (Å²) in [5.41, 5.74) is 1.56. The average Bonchev–Trinajstić information content (AvgIpc) is 2.97. The molecule has 0 N–H and O–H groups in total. The molecule has 0 unspecified atom stereocenters. The number of amides is 1. The lowest BCUT2D eigenvalue weighted by molar-refractivity contribution is -0.118. The van der Waals surface area contributed by atoms with Gasteiger partial charge in [0.05, 0.1) is 5.69 Å². The van der Waals surface area contributed by atoms with Crippen LogP contribution in [0.2, 0.25) is 5.28 Å². The summed E-state index contributed by atoms with van der Waals surface area (Å²) in [6, 6.07) is 0.445. The average molecular weight is 321 g/mol. The number of aromatic nitrogens is 2. The van der Waals surface area contributed by atoms with Crippen molar-refractivity contribution in [3.63, 3.8) is 0 Å². The first-order valence-electron chi connectivity index (χ1n) is 7.82. The zero-order valence-electron chi connectivity index (χ0n) is 12.9. The highest BCUT2D eigenvalue weighted by Crippen LogP contribution is 2.38. The molecule has 1 aromatic heterocycles. The third-order valence-corrected chi connectivity index (χ3v) is 4.73. The Labute approximate surface area is 136 Å². The lowest BCUT2D eigenvalue weighted by atomic mass is 10.1. The van der Waals surface area contributed by atoms with Crippen molar-refractivity contribution < 1.29 is 4.79 Å². The maximum atomic E-state index is 12.4. The van der Waals surface area contributed by atoms with E-state index < -0.39 is 0 Å². The van der Waals surface area contributed by atoms with Crippen LogP contribution in [-0.2, 0) is 11.2 Å². The van der Waals surface area contributed by atoms with E-state index in [0.717, 1.165) is 30.0 Å². The van der Waals surface area contributed by atoms with E-state index in [2.05, 4.69) is 21.4 Å². The van der Waals surface area contributed by atoms with Crippen LogP contribution in [0.15, 0.2) is 12.7 Å². The molecule has 118 valence electrons. The molecule has 0 saturated heterocycles. The Balaban J connectivity index is 2.13. The van der Waals surface area contributed by atoms with E-state index in [-0.39, 0.29) is 11.2 Å². The van der Waals surface area contributed by atoms with E-state index in [9.17, 15) is 4.79 Å². The molecule has 0 radical (unpaired) electrons. The van der Waals surface area contributed by atoms with Crippen LogP contribution in [-0.4, -0.2) is 35.5 Å². The van der Waals surface area contributed by atoms with Crippen molar-refractivity contribution in [2.24, 2.45) is 0 Å². The number of fused-ring (bicyclic) bond motifs is 1. The number of carbonyl (C=O) groups is 1. The lowest BCUT2D eigenvalue weighted by Gasteiger charge is -2.30. The first-order valence-corrected chi connectivity index (χ1v) is 8.20. The molecule has 0 spiro atoms. The Bertz CT molecular complexity index is 598. The van der Waals surface area contributed by atoms with Crippen molar-refractivity contribution in [1.29, 1.82) is 0 Å². The third kappa shape index (κ3) is 2.70. The number of nitrogens with zero attached hydrogens (tertiary/aromatic N) is 4. The summed E-state index contributed by atoms with van der Waals surface area (Å²) in [6.45, 7) is 4.47. The van der Waals surface area contributed by atoms with Crippen molar-refractivity contribution in [1.82, 2.24) is 9.97 Å². The van der Waals surface area contributed by atoms with Gasteiger partial charge in [-0.3, -0.25) is 4.79 Å². The van der Waals surface area contributed by atoms with Gasteiger partial charge in [0.2, 0.25) is 11.2 Å². The van der Waals surface area contributed by atoms with Gasteiger partial charge < -0.3 is 9.80 Å². The summed E-state index contributed by atoms with van der Waals surface area (Å²) < 4.78 is 0. The van der Waals surface area contributed by atoms with E-state index in [4.69, 9.17) is 11.6 Å². The Morgan fingerprint density at radius 2 is 2.09 bits per heavy atom. The van der Waals surface area contributed by atoms with Crippen molar-refractivity contribution >= 4 is 29.0 Å². The maximum absolute atomic E-state index is 12.4. The van der Waals surface area contributed by atoms with Gasteiger partial charge in [-0.05, 0) is 24.4 Å². The van der Waals surface area contributed by atoms with Crippen molar-refractivity contribution in [2.75, 3.05) is 23.4 Å². The van der Waals surface area contributed by atoms with E-state index >= 15 is 0 Å². The minimum Gasteiger partial charge on any atom is -0.351 e. The maximum Gasteiger partial charge on any atom is 0.228 e. The molecule has 1 aliphatic heterocycles. The van der Waals surface area contributed by atoms with Crippen LogP contribution in [0, 0.1) is 0 Å². The van der Waals surface area contributed by atoms with Crippen LogP contribution < -0.4 is 9.80 Å². The van der Waals surface area contributed by atoms with Gasteiger partial charge in [0, 0.05) is 32.5 Å². The zero-order chi connectivity index (χ0) is 15.7. The van der Waals surface area contributed by atoms with Gasteiger partial charge in [-0.2, -0.15) is 4.98 Å². The molecule has 1 fully saturated rings. The highest BCUT2D eigenvalue weighted by atomic mass is 35.5. The van der Waals surface area contributed by atoms with E-state index in [1.807, 2.05) is 0 Å². The zero-order valence-corrected chi connectivity index (χ0v) is 13.6. The monoisotopic (exact) mass is 320 g/mol. The van der Waals surface area contributed by atoms with Gasteiger partial charge in [0.25, 0.3) is 0 Å². The van der Waals surface area contributed by atoms with Crippen LogP contribution in [0.1, 0.15) is 37.8 Å². The quantitative estimate of drug-likeness (QED) is 0.634. The fourth-order valence-electron chi connectivity index (χ4n) is 3.47. The van der Waals surface area contributed by atoms with Crippen molar-refractivity contribution in [2.45, 2.75) is 44.6 Å². The molecule has 6 heteroatoms. The topological polar surface area (TPSA) is 49.3 Å². The molecule has 2 heterocycles. The Morgan fingerprint density at radius 3 is 2.77 bits per heavy atom. The second-order valence-electron chi connectivity index (χ2n) is 5.94. The summed E-state index contributed by atoms with van der Waals surface area (Å²) in [4.78, 5) is 25.1. The van der Waals surface area contributed by atoms with Gasteiger partial charge in [0.15, 0.2) is 5.82 Å². The first kappa shape index (κ1) is 15.3. The third-order valence-electron chi connectivity index (χ3n) is 4.56. The number of carbonyl (C=O) groups excluding carboxylic acids is 1. The number of allylic oxidation sites excluding steroid dienone is 1. The van der Waals surface area contributed by atoms with Crippen LogP contribution in [0.25, 0.3) is 0 Å². The van der Waals surface area contributed by atoms with Crippen LogP contribution >= 0.6 is 11.6 Å². The molecule has 5 nitrogen and oxygen atoms in total. The number of halogens is 1. The fourth-order valence-corrected chi connectivity index (χ4v) is 3.65. The summed E-state index contributed by atoms with van der Waals surface area (Å²) in [6.07, 6.45) is 7.61. The molecule has 3 rings (SSSR count). The Hall–Kier alpha value is -1.62. The van der Waals surface area contributed by atoms with E-state index in [0.29, 0.717) is 25.4 Å². The molecule has 0 bridgehead atoms. The Kier molecular flexibility index (Phi) is 4.34. The molecular weight excluding hydrogens is 300 g/mol. The predicted octanol–water partition coefficient (Wildman–Crippen LogP) is 2.97. The molecule has 0 aromatic carbocycles.